The van der Waals surface area contributed by atoms with Crippen LogP contribution in [-0.2, 0) is 4.74 Å². The minimum Gasteiger partial charge on any atom is -0.473 e. The summed E-state index contributed by atoms with van der Waals surface area (Å²) in [7, 11) is 0. The van der Waals surface area contributed by atoms with Crippen LogP contribution in [0.3, 0.4) is 0 Å². The van der Waals surface area contributed by atoms with Crippen LogP contribution < -0.4 is 4.74 Å². The number of ether oxygens (including phenoxy) is 2. The molecule has 0 aliphatic carbocycles. The number of amides is 1. The number of carbonyl (C=O) groups is 1. The van der Waals surface area contributed by atoms with E-state index in [4.69, 9.17) is 9.47 Å². The smallest absolute Gasteiger partial charge is 0.411 e. The second-order valence-corrected chi connectivity index (χ2v) is 9.46. The van der Waals surface area contributed by atoms with E-state index in [0.29, 0.717) is 10.5 Å². The molecule has 1 aromatic rings. The van der Waals surface area contributed by atoms with Crippen molar-refractivity contribution in [2.75, 3.05) is 0 Å². The highest BCUT2D eigenvalue weighted by molar-refractivity contribution is 9.10. The van der Waals surface area contributed by atoms with Gasteiger partial charge in [0.1, 0.15) is 16.3 Å². The fourth-order valence-electron chi connectivity index (χ4n) is 4.22. The molecule has 25 heavy (non-hydrogen) atoms. The van der Waals surface area contributed by atoms with Crippen molar-refractivity contribution in [2.24, 2.45) is 0 Å². The number of carbonyl (C=O) groups excluding carboxylic acids is 1. The van der Waals surface area contributed by atoms with Crippen LogP contribution in [0.4, 0.5) is 4.79 Å². The third-order valence-corrected chi connectivity index (χ3v) is 5.51. The molecular formula is C18H26BrN3O3. The van der Waals surface area contributed by atoms with Gasteiger partial charge in [0.05, 0.1) is 0 Å². The summed E-state index contributed by atoms with van der Waals surface area (Å²) in [5.74, 6) is 0.519. The lowest BCUT2D eigenvalue weighted by molar-refractivity contribution is -0.0584. The second-order valence-electron chi connectivity index (χ2n) is 8.65. The first-order valence-electron chi connectivity index (χ1n) is 8.70. The highest BCUT2D eigenvalue weighted by Crippen LogP contribution is 2.51. The summed E-state index contributed by atoms with van der Waals surface area (Å²) >= 11 is 3.28. The van der Waals surface area contributed by atoms with Crippen LogP contribution in [0, 0.1) is 0 Å². The van der Waals surface area contributed by atoms with Crippen molar-refractivity contribution in [3.8, 4) is 5.88 Å². The quantitative estimate of drug-likeness (QED) is 0.724. The molecule has 1 amide bonds. The molecule has 0 radical (unpaired) electrons. The Morgan fingerprint density at radius 3 is 2.28 bits per heavy atom. The maximum absolute atomic E-state index is 12.8. The average molecular weight is 412 g/mol. The van der Waals surface area contributed by atoms with Gasteiger partial charge in [0.25, 0.3) is 0 Å². The highest BCUT2D eigenvalue weighted by Gasteiger charge is 2.59. The number of halogens is 1. The van der Waals surface area contributed by atoms with Crippen molar-refractivity contribution >= 4 is 22.0 Å². The summed E-state index contributed by atoms with van der Waals surface area (Å²) in [6, 6.07) is 3.63. The van der Waals surface area contributed by atoms with Gasteiger partial charge in [0.2, 0.25) is 5.88 Å². The average Bonchev–Trinajstić information content (AvgIpc) is 2.63. The normalized spacial score (nSPS) is 31.8. The molecule has 138 valence electrons. The Morgan fingerprint density at radius 1 is 1.20 bits per heavy atom. The molecule has 3 atom stereocenters. The van der Waals surface area contributed by atoms with Gasteiger partial charge in [-0.1, -0.05) is 0 Å². The van der Waals surface area contributed by atoms with Crippen molar-refractivity contribution in [2.45, 2.75) is 83.1 Å². The van der Waals surface area contributed by atoms with E-state index in [-0.39, 0.29) is 23.3 Å². The second kappa shape index (κ2) is 6.11. The molecule has 2 fully saturated rings. The van der Waals surface area contributed by atoms with Gasteiger partial charge in [0.15, 0.2) is 0 Å². The summed E-state index contributed by atoms with van der Waals surface area (Å²) in [6.45, 7) is 9.97. The van der Waals surface area contributed by atoms with Crippen molar-refractivity contribution < 1.29 is 14.3 Å². The maximum Gasteiger partial charge on any atom is 0.411 e. The Labute approximate surface area is 157 Å². The van der Waals surface area contributed by atoms with Crippen LogP contribution in [0.25, 0.3) is 0 Å². The van der Waals surface area contributed by atoms with Crippen molar-refractivity contribution in [1.29, 1.82) is 0 Å². The number of rotatable bonds is 2. The van der Waals surface area contributed by atoms with Crippen LogP contribution in [0.5, 0.6) is 5.88 Å². The summed E-state index contributed by atoms with van der Waals surface area (Å²) in [5.41, 5.74) is -1.02. The first kappa shape index (κ1) is 18.4. The lowest BCUT2D eigenvalue weighted by Gasteiger charge is -2.50. The predicted molar refractivity (Wildman–Crippen MR) is 97.5 cm³/mol. The van der Waals surface area contributed by atoms with Gasteiger partial charge in [0, 0.05) is 30.0 Å². The number of piperidine rings is 1. The van der Waals surface area contributed by atoms with Gasteiger partial charge in [-0.15, -0.1) is 10.2 Å². The molecule has 0 N–H and O–H groups in total. The number of aromatic nitrogens is 2. The molecule has 3 heterocycles. The standard InChI is InChI=1S/C18H26BrN3O3/c1-16(2,3)25-15(23)22-17(4)8-9-18(22,5)11-12(10-17)24-14-7-6-13(19)20-21-14/h6-7,12H,8-11H2,1-5H3/t12?,17-,18+. The summed E-state index contributed by atoms with van der Waals surface area (Å²) in [6.07, 6.45) is 3.21. The van der Waals surface area contributed by atoms with Gasteiger partial charge >= 0.3 is 6.09 Å². The predicted octanol–water partition coefficient (Wildman–Crippen LogP) is 4.33. The maximum atomic E-state index is 12.8. The molecule has 2 saturated heterocycles. The molecule has 1 unspecified atom stereocenters. The fraction of sp³-hybridized carbons (Fsp3) is 0.722. The Balaban J connectivity index is 1.77. The summed E-state index contributed by atoms with van der Waals surface area (Å²) in [5, 5.41) is 8.04. The van der Waals surface area contributed by atoms with Crippen molar-refractivity contribution in [3.63, 3.8) is 0 Å². The topological polar surface area (TPSA) is 64.5 Å². The van der Waals surface area contributed by atoms with Crippen LogP contribution in [0.2, 0.25) is 0 Å². The third-order valence-electron chi connectivity index (χ3n) is 5.09. The van der Waals surface area contributed by atoms with E-state index in [1.54, 1.807) is 0 Å². The lowest BCUT2D eigenvalue weighted by Crippen LogP contribution is -2.62. The SMILES string of the molecule is CC(C)(C)OC(=O)N1[C@@]2(C)CC[C@]1(C)CC(Oc1ccc(Br)nn1)C2. The minimum absolute atomic E-state index is 0.00617. The Morgan fingerprint density at radius 2 is 1.80 bits per heavy atom. The van der Waals surface area contributed by atoms with E-state index in [9.17, 15) is 4.79 Å². The zero-order chi connectivity index (χ0) is 18.5. The van der Waals surface area contributed by atoms with Crippen molar-refractivity contribution in [1.82, 2.24) is 15.1 Å². The van der Waals surface area contributed by atoms with E-state index < -0.39 is 5.60 Å². The molecule has 0 aromatic carbocycles. The molecule has 7 heteroatoms. The van der Waals surface area contributed by atoms with E-state index in [1.165, 1.54) is 0 Å². The molecule has 2 aliphatic heterocycles. The van der Waals surface area contributed by atoms with E-state index in [0.717, 1.165) is 25.7 Å². The molecule has 0 spiro atoms. The summed E-state index contributed by atoms with van der Waals surface area (Å²) in [4.78, 5) is 14.8. The number of hydrogen-bond acceptors (Lipinski definition) is 5. The van der Waals surface area contributed by atoms with Crippen LogP contribution in [0.1, 0.15) is 60.3 Å². The van der Waals surface area contributed by atoms with Gasteiger partial charge in [-0.25, -0.2) is 4.79 Å². The molecular weight excluding hydrogens is 386 g/mol. The zero-order valence-corrected chi connectivity index (χ0v) is 17.1. The number of hydrogen-bond donors (Lipinski definition) is 0. The first-order valence-corrected chi connectivity index (χ1v) is 9.49. The molecule has 3 rings (SSSR count). The Kier molecular flexibility index (Phi) is 4.50. The Bertz CT molecular complexity index is 641. The monoisotopic (exact) mass is 411 g/mol. The van der Waals surface area contributed by atoms with Crippen LogP contribution in [-0.4, -0.2) is 44.0 Å². The molecule has 6 nitrogen and oxygen atoms in total. The largest absolute Gasteiger partial charge is 0.473 e. The fourth-order valence-corrected chi connectivity index (χ4v) is 4.43. The summed E-state index contributed by atoms with van der Waals surface area (Å²) < 4.78 is 12.4. The Hall–Kier alpha value is -1.37. The first-order chi connectivity index (χ1) is 11.5. The molecule has 0 saturated carbocycles. The zero-order valence-electron chi connectivity index (χ0n) is 15.5. The molecule has 2 aliphatic rings. The van der Waals surface area contributed by atoms with Gasteiger partial charge < -0.3 is 9.47 Å². The van der Waals surface area contributed by atoms with Gasteiger partial charge in [-0.3, -0.25) is 4.90 Å². The van der Waals surface area contributed by atoms with Crippen LogP contribution >= 0.6 is 15.9 Å². The highest BCUT2D eigenvalue weighted by atomic mass is 79.9. The minimum atomic E-state index is -0.496. The van der Waals surface area contributed by atoms with E-state index >= 15 is 0 Å². The van der Waals surface area contributed by atoms with Crippen LogP contribution in [0.15, 0.2) is 16.7 Å². The number of nitrogens with zero attached hydrogens (tertiary/aromatic N) is 3. The lowest BCUT2D eigenvalue weighted by atomic mass is 9.84. The third kappa shape index (κ3) is 3.76. The van der Waals surface area contributed by atoms with Gasteiger partial charge in [-0.2, -0.15) is 0 Å². The molecule has 1 aromatic heterocycles. The number of fused-ring (bicyclic) bond motifs is 2. The van der Waals surface area contributed by atoms with Crippen molar-refractivity contribution in [3.05, 3.63) is 16.7 Å². The van der Waals surface area contributed by atoms with E-state index in [2.05, 4.69) is 40.0 Å². The van der Waals surface area contributed by atoms with Gasteiger partial charge in [-0.05, 0) is 69.5 Å². The van der Waals surface area contributed by atoms with E-state index in [1.807, 2.05) is 37.8 Å². The molecule has 2 bridgehead atoms.